The average Bonchev–Trinajstić information content (AvgIpc) is 3.30. The van der Waals surface area contributed by atoms with Gasteiger partial charge in [-0.25, -0.2) is 0 Å². The van der Waals surface area contributed by atoms with Crippen molar-refractivity contribution in [2.24, 2.45) is 0 Å². The van der Waals surface area contributed by atoms with E-state index < -0.39 is 35.4 Å². The van der Waals surface area contributed by atoms with Crippen molar-refractivity contribution in [2.75, 3.05) is 18.0 Å². The Balaban J connectivity index is 1.56. The van der Waals surface area contributed by atoms with Crippen LogP contribution < -0.4 is 10.2 Å². The van der Waals surface area contributed by atoms with Gasteiger partial charge in [0.05, 0.1) is 17.8 Å². The monoisotopic (exact) mass is 507 g/mol. The minimum absolute atomic E-state index is 0.000412. The largest absolute Gasteiger partial charge is 0.416 e. The van der Waals surface area contributed by atoms with Crippen LogP contribution in [0.3, 0.4) is 0 Å². The number of aromatic nitrogens is 1. The highest BCUT2D eigenvalue weighted by Crippen LogP contribution is 2.49. The number of alkyl halides is 6. The summed E-state index contributed by atoms with van der Waals surface area (Å²) in [5.74, 6) is -0.347. The first-order chi connectivity index (χ1) is 16.9. The van der Waals surface area contributed by atoms with Crippen LogP contribution >= 0.6 is 0 Å². The van der Waals surface area contributed by atoms with Crippen LogP contribution in [0.5, 0.6) is 0 Å². The minimum atomic E-state index is -4.76. The zero-order valence-electron chi connectivity index (χ0n) is 19.2. The number of pyridine rings is 1. The molecule has 3 aromatic rings. The molecule has 1 fully saturated rings. The number of halogens is 6. The van der Waals surface area contributed by atoms with Gasteiger partial charge in [0.2, 0.25) is 0 Å². The highest BCUT2D eigenvalue weighted by atomic mass is 19.4. The smallest absolute Gasteiger partial charge is 0.370 e. The summed E-state index contributed by atoms with van der Waals surface area (Å²) in [6.45, 7) is 1.38. The first-order valence-corrected chi connectivity index (χ1v) is 11.2. The maximum Gasteiger partial charge on any atom is 0.416 e. The molecule has 1 saturated heterocycles. The Morgan fingerprint density at radius 1 is 1.03 bits per heavy atom. The number of nitrogens with zero attached hydrogens (tertiary/aromatic N) is 2. The van der Waals surface area contributed by atoms with Gasteiger partial charge in [0.1, 0.15) is 5.41 Å². The molecule has 1 aliphatic heterocycles. The van der Waals surface area contributed by atoms with Gasteiger partial charge < -0.3 is 10.2 Å². The van der Waals surface area contributed by atoms with Gasteiger partial charge in [-0.05, 0) is 60.9 Å². The van der Waals surface area contributed by atoms with Crippen molar-refractivity contribution in [1.29, 1.82) is 0 Å². The zero-order valence-corrected chi connectivity index (χ0v) is 19.2. The molecule has 10 heteroatoms. The molecule has 2 heterocycles. The summed E-state index contributed by atoms with van der Waals surface area (Å²) in [5, 5.41) is 2.76. The Morgan fingerprint density at radius 2 is 1.81 bits per heavy atom. The van der Waals surface area contributed by atoms with E-state index in [2.05, 4.69) is 10.3 Å². The van der Waals surface area contributed by atoms with E-state index in [1.807, 2.05) is 0 Å². The first-order valence-electron chi connectivity index (χ1n) is 11.2. The maximum absolute atomic E-state index is 14.3. The van der Waals surface area contributed by atoms with Crippen molar-refractivity contribution in [3.05, 3.63) is 94.8 Å². The predicted octanol–water partition coefficient (Wildman–Crippen LogP) is 6.05. The number of nitrogens with one attached hydrogen (secondary N) is 1. The van der Waals surface area contributed by atoms with Crippen molar-refractivity contribution in [2.45, 2.75) is 37.7 Å². The molecule has 0 spiro atoms. The lowest BCUT2D eigenvalue weighted by Gasteiger charge is -2.33. The number of hydrogen-bond acceptors (Lipinski definition) is 3. The molecule has 4 rings (SSSR count). The van der Waals surface area contributed by atoms with Crippen LogP contribution in [0, 0.1) is 6.92 Å². The molecule has 190 valence electrons. The molecule has 36 heavy (non-hydrogen) atoms. The molecule has 1 unspecified atom stereocenters. The number of carbonyl (C=O) groups excluding carboxylic acids is 1. The van der Waals surface area contributed by atoms with Crippen molar-refractivity contribution in [3.8, 4) is 0 Å². The summed E-state index contributed by atoms with van der Waals surface area (Å²) in [7, 11) is 0. The third kappa shape index (κ3) is 5.03. The maximum atomic E-state index is 14.3. The van der Waals surface area contributed by atoms with Crippen LogP contribution in [0.4, 0.5) is 32.0 Å². The summed E-state index contributed by atoms with van der Waals surface area (Å²) < 4.78 is 82.5. The molecule has 4 nitrogen and oxygen atoms in total. The van der Waals surface area contributed by atoms with E-state index in [1.165, 1.54) is 11.0 Å². The van der Waals surface area contributed by atoms with Gasteiger partial charge in [0.15, 0.2) is 0 Å². The van der Waals surface area contributed by atoms with E-state index in [1.54, 1.807) is 43.5 Å². The van der Waals surface area contributed by atoms with Crippen molar-refractivity contribution >= 4 is 11.6 Å². The lowest BCUT2D eigenvalue weighted by molar-refractivity contribution is -0.184. The number of anilines is 1. The van der Waals surface area contributed by atoms with Crippen LogP contribution in [0.25, 0.3) is 0 Å². The number of amides is 1. The van der Waals surface area contributed by atoms with E-state index in [-0.39, 0.29) is 25.4 Å². The molecule has 0 aliphatic carbocycles. The zero-order chi connectivity index (χ0) is 26.1. The van der Waals surface area contributed by atoms with E-state index in [9.17, 15) is 31.1 Å². The van der Waals surface area contributed by atoms with Gasteiger partial charge in [-0.15, -0.1) is 0 Å². The van der Waals surface area contributed by atoms with Crippen LogP contribution in [0.1, 0.15) is 39.2 Å². The molecular formula is C26H23F6N3O. The quantitative estimate of drug-likeness (QED) is 0.428. The molecule has 1 atom stereocenters. The number of rotatable bonds is 5. The van der Waals surface area contributed by atoms with Gasteiger partial charge in [-0.2, -0.15) is 26.3 Å². The fraction of sp³-hybridized carbons (Fsp3) is 0.308. The molecule has 0 bridgehead atoms. The molecule has 0 radical (unpaired) electrons. The van der Waals surface area contributed by atoms with Crippen molar-refractivity contribution < 1.29 is 31.1 Å². The highest BCUT2D eigenvalue weighted by molar-refractivity contribution is 5.96. The Hall–Kier alpha value is -3.56. The van der Waals surface area contributed by atoms with Crippen LogP contribution in [-0.4, -0.2) is 30.2 Å². The molecule has 1 amide bonds. The highest BCUT2D eigenvalue weighted by Gasteiger charge is 2.59. The predicted molar refractivity (Wildman–Crippen MR) is 123 cm³/mol. The van der Waals surface area contributed by atoms with Crippen molar-refractivity contribution in [3.63, 3.8) is 0 Å². The number of carbonyl (C=O) groups is 1. The van der Waals surface area contributed by atoms with Crippen molar-refractivity contribution in [1.82, 2.24) is 10.3 Å². The van der Waals surface area contributed by atoms with Gasteiger partial charge in [0.25, 0.3) is 5.91 Å². The van der Waals surface area contributed by atoms with E-state index in [0.29, 0.717) is 28.6 Å². The Morgan fingerprint density at radius 3 is 2.44 bits per heavy atom. The second-order valence-electron chi connectivity index (χ2n) is 8.83. The van der Waals surface area contributed by atoms with Crippen LogP contribution in [-0.2, 0) is 18.1 Å². The summed E-state index contributed by atoms with van der Waals surface area (Å²) >= 11 is 0. The fourth-order valence-electron chi connectivity index (χ4n) is 4.52. The van der Waals surface area contributed by atoms with E-state index in [0.717, 1.165) is 18.2 Å². The number of hydrogen-bond donors (Lipinski definition) is 1. The van der Waals surface area contributed by atoms with E-state index >= 15 is 0 Å². The number of benzene rings is 2. The van der Waals surface area contributed by atoms with Gasteiger partial charge in [-0.3, -0.25) is 9.78 Å². The normalized spacial score (nSPS) is 18.4. The topological polar surface area (TPSA) is 45.2 Å². The first kappa shape index (κ1) is 25.5. The summed E-state index contributed by atoms with van der Waals surface area (Å²) in [6, 6.07) is 13.5. The van der Waals surface area contributed by atoms with Gasteiger partial charge in [0, 0.05) is 30.5 Å². The molecule has 0 saturated carbocycles. The molecule has 1 aromatic heterocycles. The minimum Gasteiger partial charge on any atom is -0.370 e. The molecular weight excluding hydrogens is 484 g/mol. The Labute approximate surface area is 204 Å². The third-order valence-electron chi connectivity index (χ3n) is 6.53. The fourth-order valence-corrected chi connectivity index (χ4v) is 4.52. The average molecular weight is 507 g/mol. The standard InChI is InChI=1S/C26H23F6N3O/c1-17-13-21(8-9-22(17)23(36)34-15-20-7-2-3-11-33-20)35-12-10-24(16-35,26(30,31)32)18-5-4-6-19(14-18)25(27,28)29/h2-9,11,13-14H,10,12,15-16H2,1H3,(H,34,36). The van der Waals surface area contributed by atoms with Crippen LogP contribution in [0.15, 0.2) is 66.9 Å². The summed E-state index contributed by atoms with van der Waals surface area (Å²) in [4.78, 5) is 18.2. The van der Waals surface area contributed by atoms with E-state index in [4.69, 9.17) is 0 Å². The summed E-state index contributed by atoms with van der Waals surface area (Å²) in [6.07, 6.45) is -8.28. The Bertz CT molecular complexity index is 1240. The Kier molecular flexibility index (Phi) is 6.72. The SMILES string of the molecule is Cc1cc(N2CCC(c3cccc(C(F)(F)F)c3)(C(F)(F)F)C2)ccc1C(=O)NCc1ccccn1. The molecule has 2 aromatic carbocycles. The second-order valence-corrected chi connectivity index (χ2v) is 8.83. The van der Waals surface area contributed by atoms with Gasteiger partial charge >= 0.3 is 12.4 Å². The number of aryl methyl sites for hydroxylation is 1. The van der Waals surface area contributed by atoms with Crippen LogP contribution in [0.2, 0.25) is 0 Å². The molecule has 1 aliphatic rings. The third-order valence-corrected chi connectivity index (χ3v) is 6.53. The second kappa shape index (κ2) is 9.48. The lowest BCUT2D eigenvalue weighted by Crippen LogP contribution is -2.45. The molecule has 1 N–H and O–H groups in total. The summed E-state index contributed by atoms with van der Waals surface area (Å²) in [5.41, 5.74) is -1.89. The lowest BCUT2D eigenvalue weighted by atomic mass is 9.78. The van der Waals surface area contributed by atoms with Gasteiger partial charge in [-0.1, -0.05) is 24.3 Å².